The summed E-state index contributed by atoms with van der Waals surface area (Å²) in [7, 11) is 0. The van der Waals surface area contributed by atoms with Gasteiger partial charge in [0.1, 0.15) is 0 Å². The quantitative estimate of drug-likeness (QED) is 0.0214. The fourth-order valence-electron chi connectivity index (χ4n) is 4.91. The van der Waals surface area contributed by atoms with Crippen LogP contribution in [0.2, 0.25) is 0 Å². The number of amides is 1. The van der Waals surface area contributed by atoms with Crippen LogP contribution in [0.25, 0.3) is 0 Å². The van der Waals surface area contributed by atoms with Crippen molar-refractivity contribution in [3.8, 4) is 0 Å². The van der Waals surface area contributed by atoms with Gasteiger partial charge in [-0.2, -0.15) is 0 Å². The van der Waals surface area contributed by atoms with Crippen molar-refractivity contribution < 1.29 is 14.7 Å². The number of carbonyl (C=O) groups excluding carboxylic acids is 1. The fraction of sp³-hybridized carbons (Fsp3) is 0.762. The summed E-state index contributed by atoms with van der Waals surface area (Å²) >= 11 is 0. The molecule has 0 heterocycles. The van der Waals surface area contributed by atoms with E-state index in [0.29, 0.717) is 0 Å². The van der Waals surface area contributed by atoms with Gasteiger partial charge in [0.25, 0.3) is 0 Å². The second-order valence-corrected chi connectivity index (χ2v) is 14.1. The number of carboxylic acids is 1. The molecule has 0 atom stereocenters. The summed E-state index contributed by atoms with van der Waals surface area (Å²) in [6, 6.07) is 0. The molecule has 0 aromatic heterocycles. The van der Waals surface area contributed by atoms with Crippen LogP contribution >= 0.6 is 0 Å². The van der Waals surface area contributed by atoms with Crippen LogP contribution in [0, 0.1) is 0 Å². The first-order chi connectivity index (χ1) is 24.5. The molecule has 0 saturated carbocycles. The molecule has 0 bridgehead atoms. The van der Waals surface area contributed by atoms with Gasteiger partial charge in [0, 0.05) is 18.7 Å². The Morgan fingerprint density at radius 3 is 1.27 bits per heavy atom. The van der Waals surface area contributed by atoms with Gasteiger partial charge in [-0.3, -0.25) is 4.79 Å². The van der Waals surface area contributed by atoms with Crippen molar-refractivity contribution in [2.45, 2.75) is 157 Å². The molecule has 10 N–H and O–H groups in total. The molecule has 51 heavy (non-hydrogen) atoms. The lowest BCUT2D eigenvalue weighted by Gasteiger charge is -2.06. The number of carbonyl (C=O) groups is 2. The van der Waals surface area contributed by atoms with E-state index in [4.69, 9.17) is 22.3 Å². The average Bonchev–Trinajstić information content (AvgIpc) is 3.06. The Bertz CT molecular complexity index is 894. The number of allylic oxidation sites excluding steroid dienone is 6. The molecule has 0 unspecified atom stereocenters. The van der Waals surface area contributed by atoms with Gasteiger partial charge in [-0.05, 0) is 152 Å². The molecule has 0 radical (unpaired) electrons. The summed E-state index contributed by atoms with van der Waals surface area (Å²) in [5, 5.41) is 18.2. The van der Waals surface area contributed by atoms with Gasteiger partial charge >= 0.3 is 5.97 Å². The van der Waals surface area contributed by atoms with E-state index in [0.717, 1.165) is 108 Å². The van der Waals surface area contributed by atoms with Crippen LogP contribution in [0.3, 0.4) is 0 Å². The topological polar surface area (TPSA) is 169 Å². The standard InChI is InChI=1S/C21H41N3O.C11H27N3.C10H16O2/c1-19(2)12-10-13-20(3)18-21(25)24-17-11-16-23-15-9-7-5-4-6-8-14-22;12-8-5-3-1-2-4-6-10-14-11-7-9-13;1-8(2)5-4-6-9(3)7-10(11)12/h12,18,23H,4-11,13-17,22H2,1-3H3,(H,24,25);14H,1-13H2;5,7H,4,6H2,1-3H3,(H,11,12)/b20-18+;;9-7+. The third kappa shape index (κ3) is 54.6. The molecule has 9 nitrogen and oxygen atoms in total. The van der Waals surface area contributed by atoms with Gasteiger partial charge < -0.3 is 38.3 Å². The van der Waals surface area contributed by atoms with E-state index in [-0.39, 0.29) is 5.91 Å². The fourth-order valence-corrected chi connectivity index (χ4v) is 4.91. The number of nitrogens with one attached hydrogen (secondary N) is 3. The lowest BCUT2D eigenvalue weighted by molar-refractivity contribution is -0.131. The smallest absolute Gasteiger partial charge is 0.328 e. The minimum Gasteiger partial charge on any atom is -0.478 e. The Morgan fingerprint density at radius 1 is 0.490 bits per heavy atom. The van der Waals surface area contributed by atoms with Gasteiger partial charge in [0.15, 0.2) is 0 Å². The first-order valence-corrected chi connectivity index (χ1v) is 20.1. The van der Waals surface area contributed by atoms with Crippen LogP contribution in [0.15, 0.2) is 46.6 Å². The van der Waals surface area contributed by atoms with E-state index >= 15 is 0 Å². The highest BCUT2D eigenvalue weighted by Gasteiger charge is 1.98. The summed E-state index contributed by atoms with van der Waals surface area (Å²) in [5.74, 6) is -0.822. The van der Waals surface area contributed by atoms with Crippen molar-refractivity contribution in [3.05, 3.63) is 46.6 Å². The summed E-state index contributed by atoms with van der Waals surface area (Å²) in [6.45, 7) is 19.6. The molecule has 0 saturated heterocycles. The Kier molecular flexibility index (Phi) is 45.6. The van der Waals surface area contributed by atoms with Gasteiger partial charge in [-0.25, -0.2) is 4.79 Å². The van der Waals surface area contributed by atoms with Gasteiger partial charge in [0.2, 0.25) is 5.91 Å². The minimum atomic E-state index is -0.857. The van der Waals surface area contributed by atoms with Gasteiger partial charge in [0.05, 0.1) is 0 Å². The summed E-state index contributed by atoms with van der Waals surface area (Å²) in [6.07, 6.45) is 28.5. The monoisotopic (exact) mass is 721 g/mol. The Labute approximate surface area is 315 Å². The Balaban J connectivity index is -0.000000747. The highest BCUT2D eigenvalue weighted by Crippen LogP contribution is 2.08. The lowest BCUT2D eigenvalue weighted by atomic mass is 10.1. The molecule has 9 heteroatoms. The molecule has 0 spiro atoms. The van der Waals surface area contributed by atoms with Crippen LogP contribution in [0.4, 0.5) is 0 Å². The second kappa shape index (κ2) is 43.9. The molecule has 0 aromatic carbocycles. The maximum atomic E-state index is 11.8. The molecule has 0 aliphatic heterocycles. The van der Waals surface area contributed by atoms with Crippen LogP contribution < -0.4 is 33.2 Å². The lowest BCUT2D eigenvalue weighted by Crippen LogP contribution is -2.26. The van der Waals surface area contributed by atoms with Crippen LogP contribution in [-0.4, -0.2) is 69.3 Å². The number of nitrogens with two attached hydrogens (primary N) is 3. The largest absolute Gasteiger partial charge is 0.478 e. The number of aliphatic carboxylic acids is 1. The summed E-state index contributed by atoms with van der Waals surface area (Å²) < 4.78 is 0. The molecule has 0 fully saturated rings. The maximum absolute atomic E-state index is 11.8. The van der Waals surface area contributed by atoms with E-state index < -0.39 is 5.97 Å². The number of hydrogen-bond donors (Lipinski definition) is 7. The minimum absolute atomic E-state index is 0.0344. The number of rotatable bonds is 31. The predicted molar refractivity (Wildman–Crippen MR) is 223 cm³/mol. The first-order valence-electron chi connectivity index (χ1n) is 20.1. The second-order valence-electron chi connectivity index (χ2n) is 14.1. The van der Waals surface area contributed by atoms with E-state index in [1.807, 2.05) is 27.7 Å². The van der Waals surface area contributed by atoms with E-state index in [1.54, 1.807) is 6.08 Å². The van der Waals surface area contributed by atoms with Crippen molar-refractivity contribution >= 4 is 11.9 Å². The molecule has 0 aliphatic carbocycles. The average molecular weight is 721 g/mol. The van der Waals surface area contributed by atoms with E-state index in [9.17, 15) is 9.59 Å². The van der Waals surface area contributed by atoms with E-state index in [1.165, 1.54) is 87.9 Å². The highest BCUT2D eigenvalue weighted by molar-refractivity contribution is 5.88. The molecule has 1 amide bonds. The number of unbranched alkanes of at least 4 members (excludes halogenated alkanes) is 10. The summed E-state index contributed by atoms with van der Waals surface area (Å²) in [4.78, 5) is 22.0. The van der Waals surface area contributed by atoms with Crippen LogP contribution in [0.5, 0.6) is 0 Å². The van der Waals surface area contributed by atoms with Crippen LogP contribution in [0.1, 0.15) is 157 Å². The first kappa shape index (κ1) is 53.1. The molecular weight excluding hydrogens is 637 g/mol. The molecular formula is C42H84N6O3. The number of hydrogen-bond acceptors (Lipinski definition) is 7. The summed E-state index contributed by atoms with van der Waals surface area (Å²) in [5.41, 5.74) is 20.9. The Hall–Kier alpha value is -2.30. The molecule has 0 aliphatic rings. The highest BCUT2D eigenvalue weighted by atomic mass is 16.4. The Morgan fingerprint density at radius 2 is 0.863 bits per heavy atom. The number of carboxylic acid groups (broad SMARTS) is 1. The zero-order valence-electron chi connectivity index (χ0n) is 34.2. The van der Waals surface area contributed by atoms with Gasteiger partial charge in [-0.15, -0.1) is 0 Å². The SMILES string of the molecule is CC(C)=CCC/C(C)=C/C(=O)NCCCNCCCCCCCCN.CC(C)=CCC/C(C)=C/C(=O)O.NCCCCCCCCNCCCN. The third-order valence-electron chi connectivity index (χ3n) is 7.93. The van der Waals surface area contributed by atoms with Crippen molar-refractivity contribution in [2.24, 2.45) is 17.2 Å². The van der Waals surface area contributed by atoms with Crippen LogP contribution in [-0.2, 0) is 9.59 Å². The molecule has 0 rings (SSSR count). The molecule has 300 valence electrons. The normalized spacial score (nSPS) is 11.2. The molecule has 0 aromatic rings. The van der Waals surface area contributed by atoms with Gasteiger partial charge in [-0.1, -0.05) is 85.8 Å². The predicted octanol–water partition coefficient (Wildman–Crippen LogP) is 8.06. The third-order valence-corrected chi connectivity index (χ3v) is 7.93. The maximum Gasteiger partial charge on any atom is 0.328 e. The van der Waals surface area contributed by atoms with E-state index in [2.05, 4.69) is 41.9 Å². The van der Waals surface area contributed by atoms with Crippen molar-refractivity contribution in [1.82, 2.24) is 16.0 Å². The van der Waals surface area contributed by atoms with Crippen molar-refractivity contribution in [3.63, 3.8) is 0 Å². The van der Waals surface area contributed by atoms with Crippen molar-refractivity contribution in [2.75, 3.05) is 52.4 Å². The zero-order chi connectivity index (χ0) is 38.8. The zero-order valence-corrected chi connectivity index (χ0v) is 34.2. The van der Waals surface area contributed by atoms with Crippen molar-refractivity contribution in [1.29, 1.82) is 0 Å².